The van der Waals surface area contributed by atoms with Crippen LogP contribution in [0.15, 0.2) is 36.5 Å². The summed E-state index contributed by atoms with van der Waals surface area (Å²) in [6.45, 7) is 4.34. The van der Waals surface area contributed by atoms with Gasteiger partial charge in [-0.2, -0.15) is 0 Å². The molecule has 0 atom stereocenters. The molecule has 26 heavy (non-hydrogen) atoms. The van der Waals surface area contributed by atoms with Crippen LogP contribution in [0, 0.1) is 0 Å². The maximum Gasteiger partial charge on any atom is 0.250 e. The van der Waals surface area contributed by atoms with E-state index in [0.717, 1.165) is 30.0 Å². The third-order valence-electron chi connectivity index (χ3n) is 4.75. The minimum Gasteiger partial charge on any atom is -0.369 e. The van der Waals surface area contributed by atoms with Gasteiger partial charge in [0, 0.05) is 24.8 Å². The molecule has 0 bridgehead atoms. The van der Waals surface area contributed by atoms with E-state index < -0.39 is 5.91 Å². The third kappa shape index (κ3) is 3.39. The van der Waals surface area contributed by atoms with Gasteiger partial charge in [0.2, 0.25) is 0 Å². The Hall–Kier alpha value is -2.93. The van der Waals surface area contributed by atoms with Crippen molar-refractivity contribution in [1.82, 2.24) is 19.9 Å². The Morgan fingerprint density at radius 3 is 2.81 bits per heavy atom. The number of aromatic nitrogens is 3. The van der Waals surface area contributed by atoms with Crippen LogP contribution >= 0.6 is 0 Å². The summed E-state index contributed by atoms with van der Waals surface area (Å²) in [6, 6.07) is 9.26. The molecule has 4 rings (SSSR count). The zero-order valence-corrected chi connectivity index (χ0v) is 14.5. The zero-order valence-electron chi connectivity index (χ0n) is 14.5. The molecule has 7 heteroatoms. The number of likely N-dealkylation sites (tertiary alicyclic amines) is 1. The predicted molar refractivity (Wildman–Crippen MR) is 102 cm³/mol. The standard InChI is InChI=1S/C19H22N6O/c20-18(26)14-4-3-5-15-17(14)24-19(23-15)13-6-7-16(22-12-13)21-8-11-25-9-1-2-10-25/h3-7,12H,1-2,8-11H2,(H2,20,26)(H,21,22)(H,23,24). The fourth-order valence-electron chi connectivity index (χ4n) is 3.35. The lowest BCUT2D eigenvalue weighted by Gasteiger charge is -2.14. The maximum atomic E-state index is 11.5. The van der Waals surface area contributed by atoms with Gasteiger partial charge in [-0.3, -0.25) is 4.79 Å². The Morgan fingerprint density at radius 1 is 1.23 bits per heavy atom. The lowest BCUT2D eigenvalue weighted by molar-refractivity contribution is 0.100. The molecule has 4 N–H and O–H groups in total. The Bertz CT molecular complexity index is 911. The molecule has 1 aliphatic rings. The number of primary amides is 1. The van der Waals surface area contributed by atoms with E-state index in [1.165, 1.54) is 25.9 Å². The number of carbonyl (C=O) groups excluding carboxylic acids is 1. The van der Waals surface area contributed by atoms with E-state index in [0.29, 0.717) is 16.9 Å². The largest absolute Gasteiger partial charge is 0.369 e. The van der Waals surface area contributed by atoms with Crippen LogP contribution in [0.4, 0.5) is 5.82 Å². The van der Waals surface area contributed by atoms with Crippen molar-refractivity contribution in [2.45, 2.75) is 12.8 Å². The normalized spacial score (nSPS) is 14.8. The van der Waals surface area contributed by atoms with Crippen molar-refractivity contribution >= 4 is 22.8 Å². The van der Waals surface area contributed by atoms with Gasteiger partial charge in [0.15, 0.2) is 0 Å². The van der Waals surface area contributed by atoms with E-state index in [1.54, 1.807) is 18.3 Å². The van der Waals surface area contributed by atoms with Gasteiger partial charge < -0.3 is 20.9 Å². The molecule has 1 saturated heterocycles. The number of hydrogen-bond acceptors (Lipinski definition) is 5. The number of nitrogens with zero attached hydrogens (tertiary/aromatic N) is 3. The number of nitrogens with one attached hydrogen (secondary N) is 2. The number of nitrogens with two attached hydrogens (primary N) is 1. The van der Waals surface area contributed by atoms with Gasteiger partial charge in [-0.05, 0) is 50.2 Å². The summed E-state index contributed by atoms with van der Waals surface area (Å²) in [5.41, 5.74) is 8.07. The van der Waals surface area contributed by atoms with E-state index in [-0.39, 0.29) is 0 Å². The highest BCUT2D eigenvalue weighted by Crippen LogP contribution is 2.23. The zero-order chi connectivity index (χ0) is 17.9. The molecular formula is C19H22N6O. The molecular weight excluding hydrogens is 328 g/mol. The number of anilines is 1. The number of rotatable bonds is 6. The van der Waals surface area contributed by atoms with Gasteiger partial charge in [0.05, 0.1) is 11.1 Å². The van der Waals surface area contributed by atoms with Crippen molar-refractivity contribution in [1.29, 1.82) is 0 Å². The van der Waals surface area contributed by atoms with Crippen LogP contribution in [0.1, 0.15) is 23.2 Å². The summed E-state index contributed by atoms with van der Waals surface area (Å²) in [5.74, 6) is 1.04. The molecule has 1 amide bonds. The van der Waals surface area contributed by atoms with E-state index in [4.69, 9.17) is 5.73 Å². The average molecular weight is 350 g/mol. The third-order valence-corrected chi connectivity index (χ3v) is 4.75. The van der Waals surface area contributed by atoms with Crippen LogP contribution in [0.25, 0.3) is 22.4 Å². The van der Waals surface area contributed by atoms with Crippen molar-refractivity contribution in [2.24, 2.45) is 5.73 Å². The molecule has 1 aromatic carbocycles. The molecule has 1 aliphatic heterocycles. The second-order valence-electron chi connectivity index (χ2n) is 6.56. The fraction of sp³-hybridized carbons (Fsp3) is 0.316. The van der Waals surface area contributed by atoms with Crippen LogP contribution in [-0.2, 0) is 0 Å². The van der Waals surface area contributed by atoms with Crippen LogP contribution in [0.5, 0.6) is 0 Å². The molecule has 0 unspecified atom stereocenters. The minimum absolute atomic E-state index is 0.415. The molecule has 0 spiro atoms. The molecule has 0 radical (unpaired) electrons. The average Bonchev–Trinajstić information content (AvgIpc) is 3.31. The summed E-state index contributed by atoms with van der Waals surface area (Å²) < 4.78 is 0. The number of pyridine rings is 1. The van der Waals surface area contributed by atoms with Crippen molar-refractivity contribution in [3.63, 3.8) is 0 Å². The van der Waals surface area contributed by atoms with Crippen LogP contribution in [-0.4, -0.2) is 51.9 Å². The molecule has 0 aliphatic carbocycles. The number of para-hydroxylation sites is 1. The summed E-state index contributed by atoms with van der Waals surface area (Å²) in [5, 5.41) is 3.36. The van der Waals surface area contributed by atoms with Crippen LogP contribution in [0.2, 0.25) is 0 Å². The fourth-order valence-corrected chi connectivity index (χ4v) is 3.35. The Kier molecular flexibility index (Phi) is 4.53. The van der Waals surface area contributed by atoms with Crippen molar-refractivity contribution in [3.8, 4) is 11.4 Å². The number of hydrogen-bond donors (Lipinski definition) is 3. The summed E-state index contributed by atoms with van der Waals surface area (Å²) in [6.07, 6.45) is 4.39. The maximum absolute atomic E-state index is 11.5. The first-order valence-corrected chi connectivity index (χ1v) is 8.92. The van der Waals surface area contributed by atoms with E-state index in [9.17, 15) is 4.79 Å². The second kappa shape index (κ2) is 7.13. The van der Waals surface area contributed by atoms with Gasteiger partial charge in [0.25, 0.3) is 5.91 Å². The van der Waals surface area contributed by atoms with Gasteiger partial charge >= 0.3 is 0 Å². The molecule has 7 nitrogen and oxygen atoms in total. The molecule has 2 aromatic heterocycles. The van der Waals surface area contributed by atoms with E-state index >= 15 is 0 Å². The highest BCUT2D eigenvalue weighted by molar-refractivity contribution is 6.04. The first kappa shape index (κ1) is 16.5. The highest BCUT2D eigenvalue weighted by Gasteiger charge is 2.13. The predicted octanol–water partition coefficient (Wildman–Crippen LogP) is 2.23. The second-order valence-corrected chi connectivity index (χ2v) is 6.56. The van der Waals surface area contributed by atoms with Gasteiger partial charge in [0.1, 0.15) is 17.2 Å². The van der Waals surface area contributed by atoms with Gasteiger partial charge in [-0.1, -0.05) is 6.07 Å². The molecule has 3 heterocycles. The lowest BCUT2D eigenvalue weighted by Crippen LogP contribution is -2.26. The van der Waals surface area contributed by atoms with Crippen molar-refractivity contribution < 1.29 is 4.79 Å². The topological polar surface area (TPSA) is 99.9 Å². The quantitative estimate of drug-likeness (QED) is 0.633. The Morgan fingerprint density at radius 2 is 2.08 bits per heavy atom. The highest BCUT2D eigenvalue weighted by atomic mass is 16.1. The lowest BCUT2D eigenvalue weighted by atomic mass is 10.2. The number of benzene rings is 1. The summed E-state index contributed by atoms with van der Waals surface area (Å²) >= 11 is 0. The number of fused-ring (bicyclic) bond motifs is 1. The number of imidazole rings is 1. The van der Waals surface area contributed by atoms with Crippen molar-refractivity contribution in [3.05, 3.63) is 42.1 Å². The van der Waals surface area contributed by atoms with Crippen molar-refractivity contribution in [2.75, 3.05) is 31.5 Å². The summed E-state index contributed by atoms with van der Waals surface area (Å²) in [7, 11) is 0. The SMILES string of the molecule is NC(=O)c1cccc2[nH]c(-c3ccc(NCCN4CCCC4)nc3)nc12. The smallest absolute Gasteiger partial charge is 0.250 e. The molecule has 3 aromatic rings. The number of carbonyl (C=O) groups is 1. The molecule has 1 fully saturated rings. The minimum atomic E-state index is -0.482. The monoisotopic (exact) mass is 350 g/mol. The molecule has 134 valence electrons. The van der Waals surface area contributed by atoms with E-state index in [1.807, 2.05) is 18.2 Å². The van der Waals surface area contributed by atoms with Crippen LogP contribution in [0.3, 0.4) is 0 Å². The Labute approximate surface area is 151 Å². The number of aromatic amines is 1. The first-order chi connectivity index (χ1) is 12.7. The van der Waals surface area contributed by atoms with Gasteiger partial charge in [-0.15, -0.1) is 0 Å². The first-order valence-electron chi connectivity index (χ1n) is 8.92. The number of amides is 1. The van der Waals surface area contributed by atoms with E-state index in [2.05, 4.69) is 25.2 Å². The molecule has 0 saturated carbocycles. The summed E-state index contributed by atoms with van der Waals surface area (Å²) in [4.78, 5) is 26.2. The van der Waals surface area contributed by atoms with Gasteiger partial charge in [-0.25, -0.2) is 9.97 Å². The van der Waals surface area contributed by atoms with Crippen LogP contribution < -0.4 is 11.1 Å². The Balaban J connectivity index is 1.47. The number of H-pyrrole nitrogens is 1.